The number of pyridine rings is 1. The SMILES string of the molecule is CC/C(=C\F)COc1cnc2c(c1)CN(C1CC1)C2=O. The summed E-state index contributed by atoms with van der Waals surface area (Å²) in [4.78, 5) is 18.2. The van der Waals surface area contributed by atoms with Crippen LogP contribution in [0.3, 0.4) is 0 Å². The third kappa shape index (κ3) is 2.40. The van der Waals surface area contributed by atoms with Crippen LogP contribution in [-0.2, 0) is 6.54 Å². The maximum Gasteiger partial charge on any atom is 0.273 e. The Morgan fingerprint density at radius 3 is 3.05 bits per heavy atom. The number of fused-ring (bicyclic) bond motifs is 1. The van der Waals surface area contributed by atoms with Gasteiger partial charge in [-0.1, -0.05) is 6.92 Å². The monoisotopic (exact) mass is 276 g/mol. The number of rotatable bonds is 5. The normalized spacial score (nSPS) is 18.4. The second kappa shape index (κ2) is 5.23. The van der Waals surface area contributed by atoms with Gasteiger partial charge in [0.2, 0.25) is 0 Å². The van der Waals surface area contributed by atoms with Gasteiger partial charge in [0.25, 0.3) is 5.91 Å². The minimum atomic E-state index is 0.0203. The molecule has 4 nitrogen and oxygen atoms in total. The maximum absolute atomic E-state index is 12.5. The van der Waals surface area contributed by atoms with Crippen molar-refractivity contribution < 1.29 is 13.9 Å². The van der Waals surface area contributed by atoms with E-state index >= 15 is 0 Å². The molecule has 1 saturated carbocycles. The van der Waals surface area contributed by atoms with Crippen molar-refractivity contribution in [3.8, 4) is 5.75 Å². The molecule has 20 heavy (non-hydrogen) atoms. The molecule has 2 aliphatic rings. The first-order chi connectivity index (χ1) is 9.72. The average molecular weight is 276 g/mol. The molecular formula is C15H17FN2O2. The van der Waals surface area contributed by atoms with Crippen LogP contribution in [0.5, 0.6) is 5.75 Å². The molecule has 0 spiro atoms. The van der Waals surface area contributed by atoms with Gasteiger partial charge < -0.3 is 9.64 Å². The first-order valence-electron chi connectivity index (χ1n) is 6.93. The Balaban J connectivity index is 1.71. The van der Waals surface area contributed by atoms with Crippen LogP contribution in [0.15, 0.2) is 24.2 Å². The smallest absolute Gasteiger partial charge is 0.273 e. The lowest BCUT2D eigenvalue weighted by atomic mass is 10.2. The first-order valence-corrected chi connectivity index (χ1v) is 6.93. The van der Waals surface area contributed by atoms with Crippen LogP contribution in [0.4, 0.5) is 4.39 Å². The van der Waals surface area contributed by atoms with Crippen molar-refractivity contribution in [2.75, 3.05) is 6.61 Å². The predicted molar refractivity (Wildman–Crippen MR) is 72.1 cm³/mol. The highest BCUT2D eigenvalue weighted by Crippen LogP contribution is 2.34. The van der Waals surface area contributed by atoms with E-state index in [-0.39, 0.29) is 12.5 Å². The van der Waals surface area contributed by atoms with E-state index in [1.165, 1.54) is 0 Å². The summed E-state index contributed by atoms with van der Waals surface area (Å²) in [7, 11) is 0. The van der Waals surface area contributed by atoms with E-state index in [0.717, 1.165) is 18.4 Å². The van der Waals surface area contributed by atoms with Gasteiger partial charge in [-0.15, -0.1) is 0 Å². The summed E-state index contributed by atoms with van der Waals surface area (Å²) in [6.45, 7) is 2.71. The number of hydrogen-bond donors (Lipinski definition) is 0. The van der Waals surface area contributed by atoms with Gasteiger partial charge in [-0.3, -0.25) is 4.79 Å². The highest BCUT2D eigenvalue weighted by molar-refractivity contribution is 5.96. The number of amides is 1. The summed E-state index contributed by atoms with van der Waals surface area (Å²) in [5.41, 5.74) is 2.03. The molecule has 1 fully saturated rings. The zero-order chi connectivity index (χ0) is 14.1. The third-order valence-electron chi connectivity index (χ3n) is 3.77. The molecule has 2 heterocycles. The molecular weight excluding hydrogens is 259 g/mol. The van der Waals surface area contributed by atoms with Crippen LogP contribution in [0, 0.1) is 0 Å². The molecule has 1 amide bonds. The van der Waals surface area contributed by atoms with Crippen LogP contribution in [0.25, 0.3) is 0 Å². The number of ether oxygens (including phenoxy) is 1. The molecule has 1 aliphatic carbocycles. The second-order valence-electron chi connectivity index (χ2n) is 5.25. The fourth-order valence-corrected chi connectivity index (χ4v) is 2.34. The molecule has 1 aliphatic heterocycles. The standard InChI is InChI=1S/C15H17FN2O2/c1-2-10(6-16)9-20-13-5-11-8-18(12-3-4-12)15(19)14(11)17-7-13/h5-7,12H,2-4,8-9H2,1H3/b10-6+. The third-order valence-corrected chi connectivity index (χ3v) is 3.77. The van der Waals surface area contributed by atoms with Crippen molar-refractivity contribution in [1.82, 2.24) is 9.88 Å². The Morgan fingerprint density at radius 1 is 1.60 bits per heavy atom. The summed E-state index contributed by atoms with van der Waals surface area (Å²) in [6.07, 6.45) is 4.91. The summed E-state index contributed by atoms with van der Waals surface area (Å²) in [6, 6.07) is 2.23. The van der Waals surface area contributed by atoms with Crippen LogP contribution in [0.1, 0.15) is 42.2 Å². The number of nitrogens with zero attached hydrogens (tertiary/aromatic N) is 2. The fraction of sp³-hybridized carbons (Fsp3) is 0.467. The van der Waals surface area contributed by atoms with E-state index < -0.39 is 0 Å². The topological polar surface area (TPSA) is 42.4 Å². The molecule has 1 aromatic rings. The van der Waals surface area contributed by atoms with Crippen molar-refractivity contribution in [2.45, 2.75) is 38.8 Å². The summed E-state index contributed by atoms with van der Waals surface area (Å²) < 4.78 is 18.0. The van der Waals surface area contributed by atoms with Gasteiger partial charge in [0, 0.05) is 18.2 Å². The van der Waals surface area contributed by atoms with E-state index in [0.29, 0.717) is 42.4 Å². The van der Waals surface area contributed by atoms with Gasteiger partial charge in [-0.25, -0.2) is 9.37 Å². The molecule has 1 aromatic heterocycles. The minimum Gasteiger partial charge on any atom is -0.488 e. The molecule has 0 saturated heterocycles. The van der Waals surface area contributed by atoms with Gasteiger partial charge in [0.05, 0.1) is 12.5 Å². The lowest BCUT2D eigenvalue weighted by Gasteiger charge is -2.12. The Labute approximate surface area is 117 Å². The molecule has 0 aromatic carbocycles. The highest BCUT2D eigenvalue weighted by Gasteiger charge is 2.39. The average Bonchev–Trinajstić information content (AvgIpc) is 3.25. The Kier molecular flexibility index (Phi) is 3.42. The second-order valence-corrected chi connectivity index (χ2v) is 5.25. The first kappa shape index (κ1) is 13.1. The van der Waals surface area contributed by atoms with E-state index in [2.05, 4.69) is 4.98 Å². The molecule has 0 atom stereocenters. The van der Waals surface area contributed by atoms with Gasteiger partial charge in [0.15, 0.2) is 0 Å². The number of carbonyl (C=O) groups is 1. The quantitative estimate of drug-likeness (QED) is 0.830. The van der Waals surface area contributed by atoms with Crippen LogP contribution < -0.4 is 4.74 Å². The zero-order valence-corrected chi connectivity index (χ0v) is 11.4. The zero-order valence-electron chi connectivity index (χ0n) is 11.4. The number of aromatic nitrogens is 1. The van der Waals surface area contributed by atoms with Crippen molar-refractivity contribution in [2.24, 2.45) is 0 Å². The molecule has 0 radical (unpaired) electrons. The Bertz CT molecular complexity index is 567. The summed E-state index contributed by atoms with van der Waals surface area (Å²) in [5.74, 6) is 0.606. The van der Waals surface area contributed by atoms with Crippen molar-refractivity contribution in [1.29, 1.82) is 0 Å². The lowest BCUT2D eigenvalue weighted by Crippen LogP contribution is -2.26. The molecule has 0 bridgehead atoms. The van der Waals surface area contributed by atoms with Crippen LogP contribution >= 0.6 is 0 Å². The molecule has 3 rings (SSSR count). The van der Waals surface area contributed by atoms with E-state index in [1.54, 1.807) is 6.20 Å². The van der Waals surface area contributed by atoms with Gasteiger partial charge in [-0.2, -0.15) is 0 Å². The lowest BCUT2D eigenvalue weighted by molar-refractivity contribution is 0.0762. The largest absolute Gasteiger partial charge is 0.488 e. The highest BCUT2D eigenvalue weighted by atomic mass is 19.1. The molecule has 0 N–H and O–H groups in total. The molecule has 106 valence electrons. The van der Waals surface area contributed by atoms with Crippen LogP contribution in [0.2, 0.25) is 0 Å². The van der Waals surface area contributed by atoms with Gasteiger partial charge in [-0.05, 0) is 30.9 Å². The summed E-state index contributed by atoms with van der Waals surface area (Å²) in [5, 5.41) is 0. The molecule has 5 heteroatoms. The van der Waals surface area contributed by atoms with E-state index in [9.17, 15) is 9.18 Å². The number of halogens is 1. The number of carbonyl (C=O) groups excluding carboxylic acids is 1. The van der Waals surface area contributed by atoms with Crippen molar-refractivity contribution in [3.63, 3.8) is 0 Å². The number of hydrogen-bond acceptors (Lipinski definition) is 3. The van der Waals surface area contributed by atoms with Crippen molar-refractivity contribution in [3.05, 3.63) is 35.4 Å². The van der Waals surface area contributed by atoms with E-state index in [1.807, 2.05) is 17.9 Å². The Morgan fingerprint density at radius 2 is 2.40 bits per heavy atom. The van der Waals surface area contributed by atoms with E-state index in [4.69, 9.17) is 4.74 Å². The maximum atomic E-state index is 12.5. The fourth-order valence-electron chi connectivity index (χ4n) is 2.34. The summed E-state index contributed by atoms with van der Waals surface area (Å²) >= 11 is 0. The molecule has 0 unspecified atom stereocenters. The predicted octanol–water partition coefficient (Wildman–Crippen LogP) is 2.84. The van der Waals surface area contributed by atoms with Gasteiger partial charge >= 0.3 is 0 Å². The minimum absolute atomic E-state index is 0.0203. The Hall–Kier alpha value is -1.91. The van der Waals surface area contributed by atoms with Crippen molar-refractivity contribution >= 4 is 5.91 Å². The van der Waals surface area contributed by atoms with Crippen LogP contribution in [-0.4, -0.2) is 28.4 Å². The van der Waals surface area contributed by atoms with Gasteiger partial charge in [0.1, 0.15) is 18.1 Å².